The molecule has 30 heavy (non-hydrogen) atoms. The molecule has 0 aliphatic rings. The standard InChI is InChI=1S/C22H17N5O2S/c1-29-18-7-5-16(6-8-18)19-12-20-22(24-9-10-27(20)26-19)30-14-21(28)25-17-4-2-3-15(11-17)13-23/h2-12H,14H2,1H3,(H,25,28). The molecule has 0 aliphatic heterocycles. The second-order valence-electron chi connectivity index (χ2n) is 6.35. The number of aromatic nitrogens is 3. The number of hydrogen-bond donors (Lipinski definition) is 1. The zero-order chi connectivity index (χ0) is 20.9. The summed E-state index contributed by atoms with van der Waals surface area (Å²) >= 11 is 1.33. The molecule has 1 N–H and O–H groups in total. The highest BCUT2D eigenvalue weighted by atomic mass is 32.2. The minimum atomic E-state index is -0.172. The number of nitrogens with one attached hydrogen (secondary N) is 1. The Morgan fingerprint density at radius 2 is 2.07 bits per heavy atom. The maximum Gasteiger partial charge on any atom is 0.234 e. The topological polar surface area (TPSA) is 92.3 Å². The van der Waals surface area contributed by atoms with Crippen LogP contribution in [0.5, 0.6) is 5.75 Å². The molecule has 0 unspecified atom stereocenters. The van der Waals surface area contributed by atoms with E-state index in [1.54, 1.807) is 48.3 Å². The van der Waals surface area contributed by atoms with Crippen molar-refractivity contribution in [2.24, 2.45) is 0 Å². The summed E-state index contributed by atoms with van der Waals surface area (Å²) in [5, 5.41) is 17.1. The molecule has 4 aromatic rings. The van der Waals surface area contributed by atoms with E-state index in [0.717, 1.165) is 22.5 Å². The monoisotopic (exact) mass is 415 g/mol. The molecule has 8 heteroatoms. The number of fused-ring (bicyclic) bond motifs is 1. The van der Waals surface area contributed by atoms with Gasteiger partial charge >= 0.3 is 0 Å². The molecule has 0 bridgehead atoms. The average molecular weight is 415 g/mol. The largest absolute Gasteiger partial charge is 0.497 e. The molecule has 4 rings (SSSR count). The van der Waals surface area contributed by atoms with E-state index in [4.69, 9.17) is 10.00 Å². The zero-order valence-electron chi connectivity index (χ0n) is 16.1. The van der Waals surface area contributed by atoms with Gasteiger partial charge in [0.15, 0.2) is 0 Å². The van der Waals surface area contributed by atoms with E-state index in [2.05, 4.69) is 21.5 Å². The Morgan fingerprint density at radius 3 is 2.83 bits per heavy atom. The number of benzene rings is 2. The first-order valence-corrected chi connectivity index (χ1v) is 10.1. The van der Waals surface area contributed by atoms with Crippen LogP contribution in [0.1, 0.15) is 5.56 Å². The third kappa shape index (κ3) is 4.26. The Kier molecular flexibility index (Phi) is 5.63. The lowest BCUT2D eigenvalue weighted by molar-refractivity contribution is -0.113. The van der Waals surface area contributed by atoms with Gasteiger partial charge in [-0.15, -0.1) is 0 Å². The van der Waals surface area contributed by atoms with Gasteiger partial charge in [0.05, 0.1) is 35.7 Å². The van der Waals surface area contributed by atoms with Gasteiger partial charge in [0.25, 0.3) is 0 Å². The molecule has 0 aliphatic carbocycles. The Hall–Kier alpha value is -3.83. The lowest BCUT2D eigenvalue weighted by atomic mass is 10.1. The summed E-state index contributed by atoms with van der Waals surface area (Å²) in [6.07, 6.45) is 3.44. The van der Waals surface area contributed by atoms with E-state index in [-0.39, 0.29) is 11.7 Å². The van der Waals surface area contributed by atoms with Crippen molar-refractivity contribution in [3.63, 3.8) is 0 Å². The summed E-state index contributed by atoms with van der Waals surface area (Å²) in [6, 6.07) is 18.5. The van der Waals surface area contributed by atoms with Crippen LogP contribution in [0.4, 0.5) is 5.69 Å². The second-order valence-corrected chi connectivity index (χ2v) is 7.31. The number of amides is 1. The van der Waals surface area contributed by atoms with Crippen LogP contribution in [0.3, 0.4) is 0 Å². The minimum absolute atomic E-state index is 0.172. The Morgan fingerprint density at radius 1 is 1.23 bits per heavy atom. The number of carbonyl (C=O) groups excluding carboxylic acids is 1. The maximum absolute atomic E-state index is 12.3. The summed E-state index contributed by atoms with van der Waals surface area (Å²) in [5.41, 5.74) is 3.69. The molecule has 0 spiro atoms. The Bertz CT molecular complexity index is 1240. The van der Waals surface area contributed by atoms with Crippen LogP contribution >= 0.6 is 11.8 Å². The fourth-order valence-corrected chi connectivity index (χ4v) is 3.69. The van der Waals surface area contributed by atoms with Gasteiger partial charge in [-0.3, -0.25) is 4.79 Å². The van der Waals surface area contributed by atoms with Crippen LogP contribution in [0, 0.1) is 11.3 Å². The van der Waals surface area contributed by atoms with Gasteiger partial charge in [-0.2, -0.15) is 10.4 Å². The second kappa shape index (κ2) is 8.68. The van der Waals surface area contributed by atoms with Crippen LogP contribution in [0.25, 0.3) is 16.8 Å². The van der Waals surface area contributed by atoms with E-state index >= 15 is 0 Å². The third-order valence-electron chi connectivity index (χ3n) is 4.36. The van der Waals surface area contributed by atoms with E-state index in [1.165, 1.54) is 11.8 Å². The number of carbonyl (C=O) groups is 1. The molecule has 0 atom stereocenters. The van der Waals surface area contributed by atoms with Crippen molar-refractivity contribution in [1.82, 2.24) is 14.6 Å². The van der Waals surface area contributed by atoms with E-state index < -0.39 is 0 Å². The summed E-state index contributed by atoms with van der Waals surface area (Å²) in [7, 11) is 1.63. The lowest BCUT2D eigenvalue weighted by Gasteiger charge is -2.05. The fraction of sp³-hybridized carbons (Fsp3) is 0.0909. The Labute approximate surface area is 177 Å². The van der Waals surface area contributed by atoms with Gasteiger partial charge in [0.1, 0.15) is 10.8 Å². The minimum Gasteiger partial charge on any atom is -0.497 e. The quantitative estimate of drug-likeness (QED) is 0.479. The van der Waals surface area contributed by atoms with Crippen molar-refractivity contribution in [3.8, 4) is 23.1 Å². The number of thioether (sulfide) groups is 1. The lowest BCUT2D eigenvalue weighted by Crippen LogP contribution is -2.14. The maximum atomic E-state index is 12.3. The molecule has 2 heterocycles. The van der Waals surface area contributed by atoms with Crippen LogP contribution in [-0.4, -0.2) is 33.4 Å². The molecule has 148 valence electrons. The number of hydrogen-bond acceptors (Lipinski definition) is 6. The molecule has 2 aromatic carbocycles. The fourth-order valence-electron chi connectivity index (χ4n) is 2.91. The third-order valence-corrected chi connectivity index (χ3v) is 5.35. The van der Waals surface area contributed by atoms with Crippen molar-refractivity contribution < 1.29 is 9.53 Å². The van der Waals surface area contributed by atoms with Crippen molar-refractivity contribution in [2.45, 2.75) is 5.03 Å². The van der Waals surface area contributed by atoms with Crippen LogP contribution in [-0.2, 0) is 4.79 Å². The summed E-state index contributed by atoms with van der Waals surface area (Å²) in [6.45, 7) is 0. The van der Waals surface area contributed by atoms with Gasteiger partial charge in [-0.1, -0.05) is 17.8 Å². The molecule has 1 amide bonds. The first kappa shape index (κ1) is 19.5. The molecule has 0 radical (unpaired) electrons. The predicted octanol–water partition coefficient (Wildman–Crippen LogP) is 4.01. The normalized spacial score (nSPS) is 10.5. The molecule has 0 saturated heterocycles. The number of rotatable bonds is 6. The van der Waals surface area contributed by atoms with E-state index in [9.17, 15) is 4.79 Å². The first-order valence-electron chi connectivity index (χ1n) is 9.08. The van der Waals surface area contributed by atoms with Gasteiger partial charge in [-0.25, -0.2) is 9.50 Å². The summed E-state index contributed by atoms with van der Waals surface area (Å²) in [4.78, 5) is 16.7. The van der Waals surface area contributed by atoms with Crippen LogP contribution in [0.15, 0.2) is 72.0 Å². The van der Waals surface area contributed by atoms with Gasteiger partial charge in [-0.05, 0) is 48.5 Å². The molecule has 0 fully saturated rings. The van der Waals surface area contributed by atoms with Gasteiger partial charge < -0.3 is 10.1 Å². The summed E-state index contributed by atoms with van der Waals surface area (Å²) < 4.78 is 6.95. The highest BCUT2D eigenvalue weighted by Gasteiger charge is 2.12. The van der Waals surface area contributed by atoms with Gasteiger partial charge in [0.2, 0.25) is 5.91 Å². The van der Waals surface area contributed by atoms with Gasteiger partial charge in [0, 0.05) is 23.6 Å². The number of methoxy groups -OCH3 is 1. The molecular weight excluding hydrogens is 398 g/mol. The van der Waals surface area contributed by atoms with Crippen molar-refractivity contribution >= 4 is 28.9 Å². The number of anilines is 1. The van der Waals surface area contributed by atoms with Crippen LogP contribution in [0.2, 0.25) is 0 Å². The summed E-state index contributed by atoms with van der Waals surface area (Å²) in [5.74, 6) is 0.799. The van der Waals surface area contributed by atoms with Crippen LogP contribution < -0.4 is 10.1 Å². The highest BCUT2D eigenvalue weighted by molar-refractivity contribution is 8.00. The predicted molar refractivity (Wildman–Crippen MR) is 115 cm³/mol. The van der Waals surface area contributed by atoms with Crippen molar-refractivity contribution in [1.29, 1.82) is 5.26 Å². The highest BCUT2D eigenvalue weighted by Crippen LogP contribution is 2.27. The molecule has 7 nitrogen and oxygen atoms in total. The first-order chi connectivity index (χ1) is 14.7. The average Bonchev–Trinajstić information content (AvgIpc) is 3.23. The molecule has 2 aromatic heterocycles. The number of nitrogens with zero attached hydrogens (tertiary/aromatic N) is 4. The van der Waals surface area contributed by atoms with E-state index in [1.807, 2.05) is 30.3 Å². The van der Waals surface area contributed by atoms with E-state index in [0.29, 0.717) is 16.3 Å². The Balaban J connectivity index is 1.49. The smallest absolute Gasteiger partial charge is 0.234 e. The molecule has 0 saturated carbocycles. The molecular formula is C22H17N5O2S. The number of nitriles is 1. The number of ether oxygens (including phenoxy) is 1. The SMILES string of the molecule is COc1ccc(-c2cc3c(SCC(=O)Nc4cccc(C#N)c4)nccn3n2)cc1. The van der Waals surface area contributed by atoms with Crippen molar-refractivity contribution in [3.05, 3.63) is 72.6 Å². The zero-order valence-corrected chi connectivity index (χ0v) is 16.9. The van der Waals surface area contributed by atoms with Crippen molar-refractivity contribution in [2.75, 3.05) is 18.2 Å².